The molecule has 0 aliphatic carbocycles. The number of pyridine rings is 1. The lowest BCUT2D eigenvalue weighted by Crippen LogP contribution is -1.96. The first-order chi connectivity index (χ1) is 6.06. The van der Waals surface area contributed by atoms with E-state index >= 15 is 0 Å². The molecule has 1 rings (SSSR count). The van der Waals surface area contributed by atoms with E-state index in [1.165, 1.54) is 0 Å². The monoisotopic (exact) mass is 271 g/mol. The fourth-order valence-electron chi connectivity index (χ4n) is 0.780. The Hall–Kier alpha value is -0.260. The highest BCUT2D eigenvalue weighted by molar-refractivity contribution is 9.10. The molecule has 0 fully saturated rings. The molecule has 0 aliphatic rings. The summed E-state index contributed by atoms with van der Waals surface area (Å²) in [5.41, 5.74) is -0.0971. The number of rotatable bonds is 2. The molecule has 0 aromatic carbocycles. The first-order valence-electron chi connectivity index (χ1n) is 3.30. The smallest absolute Gasteiger partial charge is 0.266 e. The fraction of sp³-hybridized carbons (Fsp3) is 0.286. The zero-order valence-electron chi connectivity index (χ0n) is 6.27. The Morgan fingerprint density at radius 3 is 2.69 bits per heavy atom. The molecule has 1 aromatic rings. The number of hydrogen-bond donors (Lipinski definition) is 1. The quantitative estimate of drug-likeness (QED) is 0.840. The van der Waals surface area contributed by atoms with Crippen LogP contribution in [0.2, 0.25) is 5.15 Å². The van der Waals surface area contributed by atoms with E-state index in [-0.39, 0.29) is 23.0 Å². The van der Waals surface area contributed by atoms with Crippen LogP contribution in [0.1, 0.15) is 17.7 Å². The van der Waals surface area contributed by atoms with Crippen LogP contribution in [0.25, 0.3) is 0 Å². The first kappa shape index (κ1) is 10.8. The van der Waals surface area contributed by atoms with Crippen LogP contribution in [0.5, 0.6) is 0 Å². The minimum atomic E-state index is -2.66. The van der Waals surface area contributed by atoms with E-state index in [2.05, 4.69) is 20.9 Å². The first-order valence-corrected chi connectivity index (χ1v) is 4.47. The van der Waals surface area contributed by atoms with Crippen molar-refractivity contribution in [1.29, 1.82) is 0 Å². The second-order valence-electron chi connectivity index (χ2n) is 2.26. The third kappa shape index (κ3) is 2.36. The van der Waals surface area contributed by atoms with Crippen molar-refractivity contribution in [1.82, 2.24) is 4.98 Å². The average molecular weight is 272 g/mol. The standard InChI is InChI=1S/C7H5BrClF2NO/c8-4-1-3(7(10)11)6(9)12-5(4)2-13/h1,7,13H,2H2. The number of alkyl halides is 2. The number of hydrogen-bond acceptors (Lipinski definition) is 2. The van der Waals surface area contributed by atoms with E-state index < -0.39 is 6.43 Å². The van der Waals surface area contributed by atoms with Crippen LogP contribution in [-0.2, 0) is 6.61 Å². The molecule has 0 bridgehead atoms. The summed E-state index contributed by atoms with van der Waals surface area (Å²) in [6, 6.07) is 1.16. The largest absolute Gasteiger partial charge is 0.390 e. The number of aromatic nitrogens is 1. The summed E-state index contributed by atoms with van der Waals surface area (Å²) in [6.07, 6.45) is -2.66. The average Bonchev–Trinajstić information content (AvgIpc) is 2.07. The lowest BCUT2D eigenvalue weighted by Gasteiger charge is -2.05. The van der Waals surface area contributed by atoms with Crippen LogP contribution < -0.4 is 0 Å². The summed E-state index contributed by atoms with van der Waals surface area (Å²) >= 11 is 8.45. The number of aliphatic hydroxyl groups is 1. The maximum Gasteiger partial charge on any atom is 0.266 e. The lowest BCUT2D eigenvalue weighted by molar-refractivity contribution is 0.151. The van der Waals surface area contributed by atoms with Gasteiger partial charge in [-0.1, -0.05) is 11.6 Å². The van der Waals surface area contributed by atoms with E-state index in [9.17, 15) is 8.78 Å². The second-order valence-corrected chi connectivity index (χ2v) is 3.47. The molecule has 72 valence electrons. The molecule has 1 aromatic heterocycles. The van der Waals surface area contributed by atoms with E-state index in [0.717, 1.165) is 6.07 Å². The van der Waals surface area contributed by atoms with Crippen molar-refractivity contribution in [2.75, 3.05) is 0 Å². The van der Waals surface area contributed by atoms with Crippen molar-refractivity contribution >= 4 is 27.5 Å². The summed E-state index contributed by atoms with van der Waals surface area (Å²) < 4.78 is 24.8. The molecule has 6 heteroatoms. The zero-order valence-corrected chi connectivity index (χ0v) is 8.61. The van der Waals surface area contributed by atoms with Crippen LogP contribution in [0.3, 0.4) is 0 Å². The molecular formula is C7H5BrClF2NO. The summed E-state index contributed by atoms with van der Waals surface area (Å²) in [6.45, 7) is -0.343. The Kier molecular flexibility index (Phi) is 3.58. The zero-order chi connectivity index (χ0) is 10.0. The van der Waals surface area contributed by atoms with E-state index in [4.69, 9.17) is 16.7 Å². The number of aliphatic hydroxyl groups excluding tert-OH is 1. The second kappa shape index (κ2) is 4.30. The van der Waals surface area contributed by atoms with Crippen molar-refractivity contribution in [2.24, 2.45) is 0 Å². The molecule has 0 saturated carbocycles. The van der Waals surface area contributed by atoms with Gasteiger partial charge >= 0.3 is 0 Å². The van der Waals surface area contributed by atoms with Crippen LogP contribution in [-0.4, -0.2) is 10.1 Å². The van der Waals surface area contributed by atoms with Crippen molar-refractivity contribution in [3.8, 4) is 0 Å². The Morgan fingerprint density at radius 1 is 1.62 bits per heavy atom. The minimum absolute atomic E-state index is 0.245. The molecule has 2 nitrogen and oxygen atoms in total. The van der Waals surface area contributed by atoms with Gasteiger partial charge in [-0.15, -0.1) is 0 Å². The molecular weight excluding hydrogens is 267 g/mol. The van der Waals surface area contributed by atoms with Crippen LogP contribution in [0, 0.1) is 0 Å². The summed E-state index contributed by atoms with van der Waals surface area (Å²) in [5.74, 6) is 0. The van der Waals surface area contributed by atoms with Crippen LogP contribution in [0.15, 0.2) is 10.5 Å². The van der Waals surface area contributed by atoms with Gasteiger partial charge in [0, 0.05) is 4.47 Å². The lowest BCUT2D eigenvalue weighted by atomic mass is 10.2. The Balaban J connectivity index is 3.20. The normalized spacial score (nSPS) is 10.9. The van der Waals surface area contributed by atoms with Gasteiger partial charge in [-0.25, -0.2) is 13.8 Å². The number of halogens is 4. The fourth-order valence-corrected chi connectivity index (χ4v) is 1.48. The molecule has 0 amide bonds. The van der Waals surface area contributed by atoms with E-state index in [1.54, 1.807) is 0 Å². The SMILES string of the molecule is OCc1nc(Cl)c(C(F)F)cc1Br. The molecule has 0 radical (unpaired) electrons. The van der Waals surface area contributed by atoms with Gasteiger partial charge in [0.15, 0.2) is 0 Å². The summed E-state index contributed by atoms with van der Waals surface area (Å²) in [4.78, 5) is 3.60. The van der Waals surface area contributed by atoms with Gasteiger partial charge in [-0.2, -0.15) is 0 Å². The molecule has 0 atom stereocenters. The Bertz CT molecular complexity index is 322. The Labute approximate surface area is 86.7 Å². The van der Waals surface area contributed by atoms with Crippen molar-refractivity contribution in [3.63, 3.8) is 0 Å². The van der Waals surface area contributed by atoms with Gasteiger partial charge in [0.1, 0.15) is 5.15 Å². The van der Waals surface area contributed by atoms with Crippen LogP contribution in [0.4, 0.5) is 8.78 Å². The van der Waals surface area contributed by atoms with Gasteiger partial charge in [-0.3, -0.25) is 0 Å². The van der Waals surface area contributed by atoms with Gasteiger partial charge in [-0.05, 0) is 22.0 Å². The van der Waals surface area contributed by atoms with E-state index in [0.29, 0.717) is 4.47 Å². The van der Waals surface area contributed by atoms with Crippen molar-refractivity contribution in [2.45, 2.75) is 13.0 Å². The predicted molar refractivity (Wildman–Crippen MR) is 47.8 cm³/mol. The van der Waals surface area contributed by atoms with E-state index in [1.807, 2.05) is 0 Å². The van der Waals surface area contributed by atoms with Crippen LogP contribution >= 0.6 is 27.5 Å². The van der Waals surface area contributed by atoms with Gasteiger partial charge in [0.05, 0.1) is 17.9 Å². The number of nitrogens with zero attached hydrogens (tertiary/aromatic N) is 1. The van der Waals surface area contributed by atoms with Crippen molar-refractivity contribution < 1.29 is 13.9 Å². The molecule has 0 unspecified atom stereocenters. The topological polar surface area (TPSA) is 33.1 Å². The minimum Gasteiger partial charge on any atom is -0.390 e. The maximum atomic E-state index is 12.2. The van der Waals surface area contributed by atoms with Gasteiger partial charge < -0.3 is 5.11 Å². The van der Waals surface area contributed by atoms with Gasteiger partial charge in [0.25, 0.3) is 6.43 Å². The highest BCUT2D eigenvalue weighted by Crippen LogP contribution is 2.29. The third-order valence-corrected chi connectivity index (χ3v) is 2.40. The molecule has 0 saturated heterocycles. The van der Waals surface area contributed by atoms with Gasteiger partial charge in [0.2, 0.25) is 0 Å². The highest BCUT2D eigenvalue weighted by Gasteiger charge is 2.15. The Morgan fingerprint density at radius 2 is 2.23 bits per heavy atom. The van der Waals surface area contributed by atoms with Crippen molar-refractivity contribution in [3.05, 3.63) is 26.9 Å². The maximum absolute atomic E-state index is 12.2. The third-order valence-electron chi connectivity index (χ3n) is 1.41. The molecule has 0 aliphatic heterocycles. The highest BCUT2D eigenvalue weighted by atomic mass is 79.9. The summed E-state index contributed by atoms with van der Waals surface area (Å²) in [7, 11) is 0. The molecule has 1 heterocycles. The molecule has 1 N–H and O–H groups in total. The molecule has 13 heavy (non-hydrogen) atoms. The predicted octanol–water partition coefficient (Wildman–Crippen LogP) is 2.93. The molecule has 0 spiro atoms. The summed E-state index contributed by atoms with van der Waals surface area (Å²) in [5, 5.41) is 8.46.